The summed E-state index contributed by atoms with van der Waals surface area (Å²) in [4.78, 5) is 33.4. The van der Waals surface area contributed by atoms with Crippen molar-refractivity contribution in [3.8, 4) is 0 Å². The standard InChI is InChI=1S/C10H18N2O7/c1-5(15)2-8(16)11-6(3-13)9(17)12-7(4-14)10(18)19/h5-7,13-15H,2-4H2,1H3,(H,11,16)(H,12,17)(H,18,19)/t5?,6-,7-/m0/s1. The van der Waals surface area contributed by atoms with Gasteiger partial charge in [-0.3, -0.25) is 9.59 Å². The molecule has 0 saturated carbocycles. The topological polar surface area (TPSA) is 156 Å². The molecule has 9 heteroatoms. The third-order valence-electron chi connectivity index (χ3n) is 2.11. The van der Waals surface area contributed by atoms with Crippen molar-refractivity contribution in [3.63, 3.8) is 0 Å². The molecule has 0 aliphatic heterocycles. The number of carboxylic acid groups (broad SMARTS) is 1. The average molecular weight is 278 g/mol. The summed E-state index contributed by atoms with van der Waals surface area (Å²) in [6, 6.07) is -2.87. The van der Waals surface area contributed by atoms with Gasteiger partial charge in [-0.2, -0.15) is 0 Å². The molecule has 0 aromatic rings. The van der Waals surface area contributed by atoms with Crippen LogP contribution in [-0.2, 0) is 14.4 Å². The Morgan fingerprint density at radius 2 is 1.58 bits per heavy atom. The number of amides is 2. The molecule has 0 saturated heterocycles. The zero-order valence-corrected chi connectivity index (χ0v) is 10.4. The predicted octanol–water partition coefficient (Wildman–Crippen LogP) is -3.20. The lowest BCUT2D eigenvalue weighted by Gasteiger charge is -2.19. The van der Waals surface area contributed by atoms with E-state index in [2.05, 4.69) is 5.32 Å². The van der Waals surface area contributed by atoms with Crippen LogP contribution in [0.1, 0.15) is 13.3 Å². The zero-order valence-electron chi connectivity index (χ0n) is 10.4. The highest BCUT2D eigenvalue weighted by atomic mass is 16.4. The van der Waals surface area contributed by atoms with Crippen LogP contribution in [0.15, 0.2) is 0 Å². The largest absolute Gasteiger partial charge is 0.480 e. The summed E-state index contributed by atoms with van der Waals surface area (Å²) in [6.45, 7) is -0.185. The minimum atomic E-state index is -1.52. The highest BCUT2D eigenvalue weighted by Gasteiger charge is 2.25. The lowest BCUT2D eigenvalue weighted by atomic mass is 10.2. The summed E-state index contributed by atoms with van der Waals surface area (Å²) in [6.07, 6.45) is -1.17. The van der Waals surface area contributed by atoms with E-state index < -0.39 is 49.2 Å². The van der Waals surface area contributed by atoms with E-state index in [1.165, 1.54) is 6.92 Å². The number of nitrogens with one attached hydrogen (secondary N) is 2. The third-order valence-corrected chi connectivity index (χ3v) is 2.11. The first-order valence-electron chi connectivity index (χ1n) is 5.54. The van der Waals surface area contributed by atoms with E-state index in [1.807, 2.05) is 5.32 Å². The van der Waals surface area contributed by atoms with E-state index in [0.29, 0.717) is 0 Å². The molecule has 110 valence electrons. The molecule has 19 heavy (non-hydrogen) atoms. The second-order valence-electron chi connectivity index (χ2n) is 3.94. The van der Waals surface area contributed by atoms with Gasteiger partial charge in [0.15, 0.2) is 0 Å². The van der Waals surface area contributed by atoms with Crippen LogP contribution >= 0.6 is 0 Å². The molecular formula is C10H18N2O7. The molecule has 0 aromatic carbocycles. The predicted molar refractivity (Wildman–Crippen MR) is 62.0 cm³/mol. The highest BCUT2D eigenvalue weighted by Crippen LogP contribution is 1.93. The van der Waals surface area contributed by atoms with E-state index in [4.69, 9.17) is 20.4 Å². The minimum Gasteiger partial charge on any atom is -0.480 e. The Hall–Kier alpha value is -1.71. The zero-order chi connectivity index (χ0) is 15.0. The van der Waals surface area contributed by atoms with Gasteiger partial charge in [-0.05, 0) is 6.92 Å². The third kappa shape index (κ3) is 6.70. The van der Waals surface area contributed by atoms with Crippen molar-refractivity contribution in [1.82, 2.24) is 10.6 Å². The van der Waals surface area contributed by atoms with Crippen molar-refractivity contribution in [3.05, 3.63) is 0 Å². The number of aliphatic hydroxyl groups is 3. The molecule has 9 nitrogen and oxygen atoms in total. The number of aliphatic hydroxyl groups excluding tert-OH is 3. The Morgan fingerprint density at radius 1 is 1.05 bits per heavy atom. The first-order valence-corrected chi connectivity index (χ1v) is 5.54. The van der Waals surface area contributed by atoms with Gasteiger partial charge >= 0.3 is 5.97 Å². The fourth-order valence-electron chi connectivity index (χ4n) is 1.17. The molecule has 0 spiro atoms. The van der Waals surface area contributed by atoms with Crippen molar-refractivity contribution >= 4 is 17.8 Å². The van der Waals surface area contributed by atoms with Gasteiger partial charge in [-0.15, -0.1) is 0 Å². The van der Waals surface area contributed by atoms with E-state index in [0.717, 1.165) is 0 Å². The first-order chi connectivity index (χ1) is 8.81. The normalized spacial score (nSPS) is 15.2. The highest BCUT2D eigenvalue weighted by molar-refractivity contribution is 5.90. The molecular weight excluding hydrogens is 260 g/mol. The quantitative estimate of drug-likeness (QED) is 0.273. The molecule has 3 atom stereocenters. The summed E-state index contributed by atoms with van der Waals surface area (Å²) in [5, 5.41) is 39.3. The molecule has 0 heterocycles. The fourth-order valence-corrected chi connectivity index (χ4v) is 1.17. The Balaban J connectivity index is 4.47. The molecule has 0 bridgehead atoms. The second kappa shape index (κ2) is 8.40. The molecule has 1 unspecified atom stereocenters. The van der Waals surface area contributed by atoms with Crippen molar-refractivity contribution in [2.24, 2.45) is 0 Å². The molecule has 0 rings (SSSR count). The number of carboxylic acids is 1. The van der Waals surface area contributed by atoms with Crippen LogP contribution < -0.4 is 10.6 Å². The number of hydrogen-bond donors (Lipinski definition) is 6. The molecule has 6 N–H and O–H groups in total. The van der Waals surface area contributed by atoms with Crippen LogP contribution in [0.5, 0.6) is 0 Å². The van der Waals surface area contributed by atoms with Gasteiger partial charge in [-0.1, -0.05) is 0 Å². The van der Waals surface area contributed by atoms with Crippen molar-refractivity contribution in [1.29, 1.82) is 0 Å². The van der Waals surface area contributed by atoms with Crippen molar-refractivity contribution in [2.75, 3.05) is 13.2 Å². The number of aliphatic carboxylic acids is 1. The molecule has 2 amide bonds. The lowest BCUT2D eigenvalue weighted by Crippen LogP contribution is -2.54. The maximum atomic E-state index is 11.5. The molecule has 0 aromatic heterocycles. The maximum Gasteiger partial charge on any atom is 0.328 e. The van der Waals surface area contributed by atoms with E-state index >= 15 is 0 Å². The van der Waals surface area contributed by atoms with E-state index in [9.17, 15) is 14.4 Å². The Labute approximate surface area is 109 Å². The molecule has 0 aliphatic rings. The summed E-state index contributed by atoms with van der Waals surface area (Å²) >= 11 is 0. The van der Waals surface area contributed by atoms with Gasteiger partial charge in [0.1, 0.15) is 12.1 Å². The van der Waals surface area contributed by atoms with Gasteiger partial charge in [0.25, 0.3) is 0 Å². The van der Waals surface area contributed by atoms with Crippen molar-refractivity contribution < 1.29 is 34.8 Å². The monoisotopic (exact) mass is 278 g/mol. The Bertz CT molecular complexity index is 332. The summed E-state index contributed by atoms with van der Waals surface area (Å²) in [5.74, 6) is -3.05. The van der Waals surface area contributed by atoms with Gasteiger partial charge < -0.3 is 31.1 Å². The van der Waals surface area contributed by atoms with Gasteiger partial charge in [0, 0.05) is 0 Å². The van der Waals surface area contributed by atoms with E-state index in [-0.39, 0.29) is 6.42 Å². The summed E-state index contributed by atoms with van der Waals surface area (Å²) < 4.78 is 0. The first kappa shape index (κ1) is 17.3. The molecule has 0 aliphatic carbocycles. The number of rotatable bonds is 8. The molecule has 0 fully saturated rings. The number of hydrogen-bond acceptors (Lipinski definition) is 6. The SMILES string of the molecule is CC(O)CC(=O)N[C@@H](CO)C(=O)N[C@@H](CO)C(=O)O. The maximum absolute atomic E-state index is 11.5. The summed E-state index contributed by atoms with van der Waals surface area (Å²) in [7, 11) is 0. The fraction of sp³-hybridized carbons (Fsp3) is 0.700. The lowest BCUT2D eigenvalue weighted by molar-refractivity contribution is -0.143. The van der Waals surface area contributed by atoms with Crippen LogP contribution in [-0.4, -0.2) is 69.6 Å². The average Bonchev–Trinajstić information content (AvgIpc) is 2.31. The van der Waals surface area contributed by atoms with Gasteiger partial charge in [0.05, 0.1) is 25.7 Å². The van der Waals surface area contributed by atoms with E-state index in [1.54, 1.807) is 0 Å². The Morgan fingerprint density at radius 3 is 1.95 bits per heavy atom. The summed E-state index contributed by atoms with van der Waals surface area (Å²) in [5.41, 5.74) is 0. The van der Waals surface area contributed by atoms with Crippen LogP contribution in [0.4, 0.5) is 0 Å². The van der Waals surface area contributed by atoms with Crippen LogP contribution in [0, 0.1) is 0 Å². The minimum absolute atomic E-state index is 0.258. The van der Waals surface area contributed by atoms with Crippen LogP contribution in [0.3, 0.4) is 0 Å². The Kier molecular flexibility index (Phi) is 7.65. The molecule has 0 radical (unpaired) electrons. The number of carbonyl (C=O) groups is 3. The van der Waals surface area contributed by atoms with Crippen LogP contribution in [0.25, 0.3) is 0 Å². The number of carbonyl (C=O) groups excluding carboxylic acids is 2. The van der Waals surface area contributed by atoms with Crippen molar-refractivity contribution in [2.45, 2.75) is 31.5 Å². The van der Waals surface area contributed by atoms with Gasteiger partial charge in [0.2, 0.25) is 11.8 Å². The second-order valence-corrected chi connectivity index (χ2v) is 3.94. The van der Waals surface area contributed by atoms with Gasteiger partial charge in [-0.25, -0.2) is 4.79 Å². The smallest absolute Gasteiger partial charge is 0.328 e. The van der Waals surface area contributed by atoms with Crippen LogP contribution in [0.2, 0.25) is 0 Å².